The van der Waals surface area contributed by atoms with E-state index in [9.17, 15) is 8.42 Å². The van der Waals surface area contributed by atoms with E-state index >= 15 is 0 Å². The highest BCUT2D eigenvalue weighted by Crippen LogP contribution is 2.32. The third kappa shape index (κ3) is 3.49. The Morgan fingerprint density at radius 1 is 1.27 bits per heavy atom. The van der Waals surface area contributed by atoms with Crippen molar-refractivity contribution in [3.8, 4) is 0 Å². The molecule has 2 fully saturated rings. The topological polar surface area (TPSA) is 85.5 Å². The van der Waals surface area contributed by atoms with Gasteiger partial charge in [-0.05, 0) is 25.7 Å². The average Bonchev–Trinajstić information content (AvgIpc) is 3.25. The Balaban J connectivity index is 1.45. The molecule has 0 spiro atoms. The van der Waals surface area contributed by atoms with Crippen molar-refractivity contribution in [2.75, 3.05) is 13.1 Å². The van der Waals surface area contributed by atoms with Gasteiger partial charge < -0.3 is 9.26 Å². The molecule has 124 valence electrons. The minimum absolute atomic E-state index is 0.0556. The molecule has 22 heavy (non-hydrogen) atoms. The predicted molar refractivity (Wildman–Crippen MR) is 79.7 cm³/mol. The molecular weight excluding hydrogens is 306 g/mol. The van der Waals surface area contributed by atoms with Gasteiger partial charge in [0.1, 0.15) is 6.61 Å². The van der Waals surface area contributed by atoms with Crippen LogP contribution in [0.1, 0.15) is 57.2 Å². The van der Waals surface area contributed by atoms with Crippen LogP contribution in [0.15, 0.2) is 4.52 Å². The third-order valence-corrected chi connectivity index (χ3v) is 6.55. The molecule has 1 aromatic heterocycles. The summed E-state index contributed by atoms with van der Waals surface area (Å²) in [6, 6.07) is 0. The summed E-state index contributed by atoms with van der Waals surface area (Å²) in [5.74, 6) is 1.40. The zero-order valence-electron chi connectivity index (χ0n) is 13.1. The Bertz CT molecular complexity index is 601. The maximum absolute atomic E-state index is 12.2. The molecule has 0 atom stereocenters. The summed E-state index contributed by atoms with van der Waals surface area (Å²) < 4.78 is 36.8. The van der Waals surface area contributed by atoms with Crippen LogP contribution >= 0.6 is 0 Å². The summed E-state index contributed by atoms with van der Waals surface area (Å²) >= 11 is 0. The number of rotatable bonds is 6. The molecule has 0 unspecified atom stereocenters. The highest BCUT2D eigenvalue weighted by atomic mass is 32.2. The summed E-state index contributed by atoms with van der Waals surface area (Å²) in [5, 5.41) is 3.77. The lowest BCUT2D eigenvalue weighted by atomic mass is 10.1. The molecule has 0 radical (unpaired) electrons. The first-order chi connectivity index (χ1) is 10.5. The van der Waals surface area contributed by atoms with Gasteiger partial charge in [0.25, 0.3) is 5.89 Å². The van der Waals surface area contributed by atoms with Crippen molar-refractivity contribution in [2.45, 2.75) is 63.4 Å². The van der Waals surface area contributed by atoms with Gasteiger partial charge in [-0.2, -0.15) is 4.98 Å². The number of ether oxygens (including phenoxy) is 1. The van der Waals surface area contributed by atoms with Crippen molar-refractivity contribution >= 4 is 10.0 Å². The lowest BCUT2D eigenvalue weighted by Crippen LogP contribution is -2.42. The van der Waals surface area contributed by atoms with Crippen molar-refractivity contribution < 1.29 is 17.7 Å². The quantitative estimate of drug-likeness (QED) is 0.789. The van der Waals surface area contributed by atoms with Gasteiger partial charge in [0, 0.05) is 19.0 Å². The lowest BCUT2D eigenvalue weighted by Gasteiger charge is -2.30. The number of hydrogen-bond donors (Lipinski definition) is 0. The molecule has 1 aromatic rings. The maximum atomic E-state index is 12.2. The van der Waals surface area contributed by atoms with E-state index in [0.29, 0.717) is 31.4 Å². The molecule has 1 saturated heterocycles. The number of aromatic nitrogens is 2. The zero-order valence-corrected chi connectivity index (χ0v) is 13.9. The van der Waals surface area contributed by atoms with Crippen LogP contribution in [-0.2, 0) is 21.4 Å². The lowest BCUT2D eigenvalue weighted by molar-refractivity contribution is -0.00121. The molecule has 0 aromatic carbocycles. The maximum Gasteiger partial charge on any atom is 0.252 e. The number of piperidine rings is 1. The van der Waals surface area contributed by atoms with Gasteiger partial charge >= 0.3 is 0 Å². The molecule has 2 aliphatic rings. The van der Waals surface area contributed by atoms with Crippen LogP contribution in [0.5, 0.6) is 0 Å². The molecule has 8 heteroatoms. The van der Waals surface area contributed by atoms with Gasteiger partial charge in [-0.3, -0.25) is 0 Å². The molecular formula is C14H23N3O4S. The van der Waals surface area contributed by atoms with Gasteiger partial charge in [0.15, 0.2) is 5.82 Å². The molecule has 0 amide bonds. The van der Waals surface area contributed by atoms with Gasteiger partial charge in [-0.1, -0.05) is 19.0 Å². The third-order valence-electron chi connectivity index (χ3n) is 4.15. The predicted octanol–water partition coefficient (Wildman–Crippen LogP) is 1.67. The van der Waals surface area contributed by atoms with E-state index in [0.717, 1.165) is 25.7 Å². The second-order valence-electron chi connectivity index (χ2n) is 6.35. The second-order valence-corrected chi connectivity index (χ2v) is 8.57. The van der Waals surface area contributed by atoms with E-state index in [1.165, 1.54) is 0 Å². The Labute approximate surface area is 131 Å². The fourth-order valence-corrected chi connectivity index (χ4v) is 4.45. The van der Waals surface area contributed by atoms with E-state index in [-0.39, 0.29) is 17.3 Å². The molecule has 1 aliphatic carbocycles. The highest BCUT2D eigenvalue weighted by molar-refractivity contribution is 7.90. The number of nitrogens with zero attached hydrogens (tertiary/aromatic N) is 3. The SMILES string of the molecule is CC(C)c1noc(COC2CCN(S(=O)(=O)C3CC3)CC2)n1. The Morgan fingerprint density at radius 2 is 1.95 bits per heavy atom. The number of hydrogen-bond acceptors (Lipinski definition) is 6. The number of sulfonamides is 1. The van der Waals surface area contributed by atoms with Crippen LogP contribution in [0.4, 0.5) is 0 Å². The highest BCUT2D eigenvalue weighted by Gasteiger charge is 2.41. The molecule has 0 bridgehead atoms. The monoisotopic (exact) mass is 329 g/mol. The normalized spacial score (nSPS) is 21.6. The Kier molecular flexibility index (Phi) is 4.52. The van der Waals surface area contributed by atoms with E-state index in [1.54, 1.807) is 4.31 Å². The van der Waals surface area contributed by atoms with Crippen molar-refractivity contribution in [2.24, 2.45) is 0 Å². The molecule has 3 rings (SSSR count). The largest absolute Gasteiger partial charge is 0.368 e. The first kappa shape index (κ1) is 15.9. The van der Waals surface area contributed by atoms with Gasteiger partial charge in [0.2, 0.25) is 10.0 Å². The van der Waals surface area contributed by atoms with Crippen molar-refractivity contribution in [1.82, 2.24) is 14.4 Å². The Hall–Kier alpha value is -0.990. The van der Waals surface area contributed by atoms with E-state index in [2.05, 4.69) is 10.1 Å². The fourth-order valence-electron chi connectivity index (χ4n) is 2.58. The minimum atomic E-state index is -3.05. The van der Waals surface area contributed by atoms with Gasteiger partial charge in [-0.15, -0.1) is 0 Å². The molecule has 2 heterocycles. The van der Waals surface area contributed by atoms with Crippen LogP contribution in [0.25, 0.3) is 0 Å². The molecule has 7 nitrogen and oxygen atoms in total. The zero-order chi connectivity index (χ0) is 15.7. The second kappa shape index (κ2) is 6.25. The first-order valence-corrected chi connectivity index (χ1v) is 9.40. The van der Waals surface area contributed by atoms with Crippen LogP contribution in [0.2, 0.25) is 0 Å². The van der Waals surface area contributed by atoms with Crippen LogP contribution in [0.3, 0.4) is 0 Å². The molecule has 1 saturated carbocycles. The average molecular weight is 329 g/mol. The van der Waals surface area contributed by atoms with Crippen LogP contribution < -0.4 is 0 Å². The standard InChI is InChI=1S/C14H23N3O4S/c1-10(2)14-15-13(21-16-14)9-20-11-5-7-17(8-6-11)22(18,19)12-3-4-12/h10-12H,3-9H2,1-2H3. The van der Waals surface area contributed by atoms with E-state index in [4.69, 9.17) is 9.26 Å². The fraction of sp³-hybridized carbons (Fsp3) is 0.857. The summed E-state index contributed by atoms with van der Waals surface area (Å²) in [7, 11) is -3.05. The molecule has 0 N–H and O–H groups in total. The van der Waals surface area contributed by atoms with E-state index < -0.39 is 10.0 Å². The minimum Gasteiger partial charge on any atom is -0.368 e. The summed E-state index contributed by atoms with van der Waals surface area (Å²) in [6.45, 7) is 5.39. The molecule has 1 aliphatic heterocycles. The van der Waals surface area contributed by atoms with Crippen molar-refractivity contribution in [1.29, 1.82) is 0 Å². The summed E-state index contributed by atoms with van der Waals surface area (Å²) in [4.78, 5) is 4.27. The Morgan fingerprint density at radius 3 is 2.50 bits per heavy atom. The van der Waals surface area contributed by atoms with Gasteiger partial charge in [0.05, 0.1) is 11.4 Å². The van der Waals surface area contributed by atoms with Gasteiger partial charge in [-0.25, -0.2) is 12.7 Å². The van der Waals surface area contributed by atoms with Crippen LogP contribution in [0, 0.1) is 0 Å². The first-order valence-electron chi connectivity index (χ1n) is 7.90. The van der Waals surface area contributed by atoms with E-state index in [1.807, 2.05) is 13.8 Å². The van der Waals surface area contributed by atoms with Crippen molar-refractivity contribution in [3.05, 3.63) is 11.7 Å². The van der Waals surface area contributed by atoms with Crippen LogP contribution in [-0.4, -0.2) is 47.3 Å². The van der Waals surface area contributed by atoms with Crippen molar-refractivity contribution in [3.63, 3.8) is 0 Å². The smallest absolute Gasteiger partial charge is 0.252 e. The summed E-state index contributed by atoms with van der Waals surface area (Å²) in [5.41, 5.74) is 0. The summed E-state index contributed by atoms with van der Waals surface area (Å²) in [6.07, 6.45) is 3.12.